The van der Waals surface area contributed by atoms with Gasteiger partial charge in [0.2, 0.25) is 0 Å². The second-order valence-corrected chi connectivity index (χ2v) is 4.38. The fourth-order valence-corrected chi connectivity index (χ4v) is 1.96. The van der Waals surface area contributed by atoms with Crippen LogP contribution >= 0.6 is 0 Å². The number of hydrogen-bond donors (Lipinski definition) is 2. The smallest absolute Gasteiger partial charge is 0.130 e. The van der Waals surface area contributed by atoms with E-state index in [-0.39, 0.29) is 0 Å². The third kappa shape index (κ3) is 2.59. The Labute approximate surface area is 117 Å². The Morgan fingerprint density at radius 1 is 0.900 bits per heavy atom. The van der Waals surface area contributed by atoms with Gasteiger partial charge in [-0.15, -0.1) is 0 Å². The standard InChI is InChI=1S/C16H14N4/c17-14-10-12(13-4-3-8-18-11-13)6-7-15(14)20-16-5-1-2-9-19-16/h1-11H,17H2,(H,19,20). The van der Waals surface area contributed by atoms with Crippen LogP contribution in [-0.2, 0) is 0 Å². The lowest BCUT2D eigenvalue weighted by atomic mass is 10.1. The number of nitrogen functional groups attached to an aromatic ring is 1. The molecule has 1 aromatic carbocycles. The molecule has 0 saturated heterocycles. The van der Waals surface area contributed by atoms with E-state index in [1.54, 1.807) is 12.4 Å². The SMILES string of the molecule is Nc1cc(-c2cccnc2)ccc1Nc1ccccn1. The summed E-state index contributed by atoms with van der Waals surface area (Å²) >= 11 is 0. The summed E-state index contributed by atoms with van der Waals surface area (Å²) in [4.78, 5) is 8.33. The lowest BCUT2D eigenvalue weighted by Crippen LogP contribution is -1.98. The van der Waals surface area contributed by atoms with Crippen molar-refractivity contribution in [2.45, 2.75) is 0 Å². The molecule has 4 nitrogen and oxygen atoms in total. The van der Waals surface area contributed by atoms with Crippen molar-refractivity contribution in [2.24, 2.45) is 0 Å². The number of pyridine rings is 2. The van der Waals surface area contributed by atoms with Crippen LogP contribution in [0.15, 0.2) is 67.1 Å². The molecule has 2 aromatic heterocycles. The number of nitrogens with one attached hydrogen (secondary N) is 1. The quantitative estimate of drug-likeness (QED) is 0.709. The highest BCUT2D eigenvalue weighted by Crippen LogP contribution is 2.28. The molecule has 2 heterocycles. The van der Waals surface area contributed by atoms with Gasteiger partial charge in [-0.2, -0.15) is 0 Å². The minimum atomic E-state index is 0.678. The Hall–Kier alpha value is -2.88. The second kappa shape index (κ2) is 5.40. The zero-order valence-electron chi connectivity index (χ0n) is 10.8. The lowest BCUT2D eigenvalue weighted by molar-refractivity contribution is 1.31. The molecule has 0 aliphatic heterocycles. The van der Waals surface area contributed by atoms with Crippen LogP contribution in [0.1, 0.15) is 0 Å². The number of nitrogens with zero attached hydrogens (tertiary/aromatic N) is 2. The molecule has 0 bridgehead atoms. The summed E-state index contributed by atoms with van der Waals surface area (Å²) in [6.45, 7) is 0. The van der Waals surface area contributed by atoms with Crippen molar-refractivity contribution in [1.29, 1.82) is 0 Å². The predicted molar refractivity (Wildman–Crippen MR) is 81.6 cm³/mol. The third-order valence-electron chi connectivity index (χ3n) is 2.97. The molecule has 0 radical (unpaired) electrons. The molecule has 3 aromatic rings. The van der Waals surface area contributed by atoms with Gasteiger partial charge in [-0.1, -0.05) is 18.2 Å². The molecule has 3 N–H and O–H groups in total. The summed E-state index contributed by atoms with van der Waals surface area (Å²) in [5.74, 6) is 0.772. The number of rotatable bonds is 3. The first-order chi connectivity index (χ1) is 9.83. The van der Waals surface area contributed by atoms with Gasteiger partial charge < -0.3 is 11.1 Å². The average Bonchev–Trinajstić information content (AvgIpc) is 2.51. The van der Waals surface area contributed by atoms with Crippen LogP contribution in [-0.4, -0.2) is 9.97 Å². The summed E-state index contributed by atoms with van der Waals surface area (Å²) in [6, 6.07) is 15.5. The fraction of sp³-hybridized carbons (Fsp3) is 0. The maximum Gasteiger partial charge on any atom is 0.130 e. The number of nitrogens with two attached hydrogens (primary N) is 1. The summed E-state index contributed by atoms with van der Waals surface area (Å²) in [6.07, 6.45) is 5.31. The summed E-state index contributed by atoms with van der Waals surface area (Å²) < 4.78 is 0. The molecule has 0 aliphatic carbocycles. The van der Waals surface area contributed by atoms with Gasteiger partial charge >= 0.3 is 0 Å². The van der Waals surface area contributed by atoms with Crippen molar-refractivity contribution < 1.29 is 0 Å². The van der Waals surface area contributed by atoms with Crippen LogP contribution < -0.4 is 11.1 Å². The molecular weight excluding hydrogens is 248 g/mol. The Morgan fingerprint density at radius 3 is 2.55 bits per heavy atom. The number of aromatic nitrogens is 2. The molecule has 3 rings (SSSR count). The number of benzene rings is 1. The van der Waals surface area contributed by atoms with Crippen molar-refractivity contribution in [3.05, 3.63) is 67.1 Å². The molecule has 0 amide bonds. The summed E-state index contributed by atoms with van der Waals surface area (Å²) in [5, 5.41) is 3.20. The van der Waals surface area contributed by atoms with E-state index < -0.39 is 0 Å². The summed E-state index contributed by atoms with van der Waals surface area (Å²) in [7, 11) is 0. The van der Waals surface area contributed by atoms with E-state index in [4.69, 9.17) is 5.73 Å². The van der Waals surface area contributed by atoms with E-state index in [1.165, 1.54) is 0 Å². The first kappa shape index (κ1) is 12.2. The minimum absolute atomic E-state index is 0.678. The number of anilines is 3. The monoisotopic (exact) mass is 262 g/mol. The maximum atomic E-state index is 6.10. The summed E-state index contributed by atoms with van der Waals surface area (Å²) in [5.41, 5.74) is 9.71. The van der Waals surface area contributed by atoms with Crippen LogP contribution in [0.25, 0.3) is 11.1 Å². The van der Waals surface area contributed by atoms with Crippen LogP contribution in [0.3, 0.4) is 0 Å². The van der Waals surface area contributed by atoms with E-state index in [1.807, 2.05) is 54.7 Å². The van der Waals surface area contributed by atoms with Crippen LogP contribution in [0, 0.1) is 0 Å². The van der Waals surface area contributed by atoms with E-state index in [2.05, 4.69) is 15.3 Å². The molecule has 0 spiro atoms. The van der Waals surface area contributed by atoms with Gasteiger partial charge in [0.05, 0.1) is 11.4 Å². The molecule has 0 fully saturated rings. The highest BCUT2D eigenvalue weighted by molar-refractivity contribution is 5.78. The molecule has 0 unspecified atom stereocenters. The van der Waals surface area contributed by atoms with E-state index >= 15 is 0 Å². The van der Waals surface area contributed by atoms with Gasteiger partial charge in [0, 0.05) is 24.2 Å². The van der Waals surface area contributed by atoms with Crippen molar-refractivity contribution in [1.82, 2.24) is 9.97 Å². The van der Waals surface area contributed by atoms with Crippen LogP contribution in [0.5, 0.6) is 0 Å². The Balaban J connectivity index is 1.89. The fourth-order valence-electron chi connectivity index (χ4n) is 1.96. The van der Waals surface area contributed by atoms with Crippen molar-refractivity contribution in [3.8, 4) is 11.1 Å². The Bertz CT molecular complexity index is 696. The first-order valence-electron chi connectivity index (χ1n) is 6.31. The highest BCUT2D eigenvalue weighted by atomic mass is 15.0. The van der Waals surface area contributed by atoms with Crippen LogP contribution in [0.4, 0.5) is 17.2 Å². The second-order valence-electron chi connectivity index (χ2n) is 4.38. The molecule has 4 heteroatoms. The number of hydrogen-bond acceptors (Lipinski definition) is 4. The Morgan fingerprint density at radius 2 is 1.85 bits per heavy atom. The van der Waals surface area contributed by atoms with Gasteiger partial charge in [0.1, 0.15) is 5.82 Å². The van der Waals surface area contributed by atoms with Crippen molar-refractivity contribution >= 4 is 17.2 Å². The van der Waals surface area contributed by atoms with Gasteiger partial charge in [-0.25, -0.2) is 4.98 Å². The van der Waals surface area contributed by atoms with Crippen LogP contribution in [0.2, 0.25) is 0 Å². The zero-order chi connectivity index (χ0) is 13.8. The van der Waals surface area contributed by atoms with Gasteiger partial charge in [0.15, 0.2) is 0 Å². The van der Waals surface area contributed by atoms with Gasteiger partial charge in [0.25, 0.3) is 0 Å². The van der Waals surface area contributed by atoms with E-state index in [9.17, 15) is 0 Å². The lowest BCUT2D eigenvalue weighted by Gasteiger charge is -2.10. The van der Waals surface area contributed by atoms with E-state index in [0.29, 0.717) is 5.69 Å². The largest absolute Gasteiger partial charge is 0.397 e. The molecule has 0 saturated carbocycles. The average molecular weight is 262 g/mol. The van der Waals surface area contributed by atoms with E-state index in [0.717, 1.165) is 22.6 Å². The molecular formula is C16H14N4. The maximum absolute atomic E-state index is 6.10. The molecule has 0 aliphatic rings. The first-order valence-corrected chi connectivity index (χ1v) is 6.31. The highest BCUT2D eigenvalue weighted by Gasteiger charge is 2.03. The van der Waals surface area contributed by atoms with Gasteiger partial charge in [-0.05, 0) is 35.9 Å². The van der Waals surface area contributed by atoms with Crippen molar-refractivity contribution in [2.75, 3.05) is 11.1 Å². The van der Waals surface area contributed by atoms with Gasteiger partial charge in [-0.3, -0.25) is 4.98 Å². The predicted octanol–water partition coefficient (Wildman–Crippen LogP) is 3.47. The normalized spacial score (nSPS) is 10.2. The molecule has 0 atom stereocenters. The molecule has 20 heavy (non-hydrogen) atoms. The van der Waals surface area contributed by atoms with Crippen molar-refractivity contribution in [3.63, 3.8) is 0 Å². The Kier molecular flexibility index (Phi) is 3.29. The topological polar surface area (TPSA) is 63.8 Å². The molecule has 98 valence electrons. The minimum Gasteiger partial charge on any atom is -0.397 e. The third-order valence-corrected chi connectivity index (χ3v) is 2.97. The zero-order valence-corrected chi connectivity index (χ0v) is 10.8.